The second kappa shape index (κ2) is 9.03. The second-order valence-corrected chi connectivity index (χ2v) is 7.23. The highest BCUT2D eigenvalue weighted by molar-refractivity contribution is 6.48. The predicted molar refractivity (Wildman–Crippen MR) is 119 cm³/mol. The lowest BCUT2D eigenvalue weighted by molar-refractivity contribution is -0.114. The average Bonchev–Trinajstić information content (AvgIpc) is 2.84. The lowest BCUT2D eigenvalue weighted by atomic mass is 9.80. The van der Waals surface area contributed by atoms with E-state index in [4.69, 9.17) is 14.2 Å². The van der Waals surface area contributed by atoms with Crippen molar-refractivity contribution in [1.82, 2.24) is 9.97 Å². The van der Waals surface area contributed by atoms with Gasteiger partial charge in [-0.3, -0.25) is 4.79 Å². The highest BCUT2D eigenvalue weighted by Gasteiger charge is 2.36. The number of aromatic hydroxyl groups is 1. The van der Waals surface area contributed by atoms with Crippen molar-refractivity contribution in [3.63, 3.8) is 0 Å². The monoisotopic (exact) mass is 450 g/mol. The first kappa shape index (κ1) is 21.9. The van der Waals surface area contributed by atoms with Gasteiger partial charge in [-0.2, -0.15) is 0 Å². The Bertz CT molecular complexity index is 1220. The number of nitrogens with zero attached hydrogens (tertiary/aromatic N) is 3. The van der Waals surface area contributed by atoms with Crippen molar-refractivity contribution >= 4 is 23.0 Å². The van der Waals surface area contributed by atoms with Crippen LogP contribution in [0, 0.1) is 0 Å². The summed E-state index contributed by atoms with van der Waals surface area (Å²) in [4.78, 5) is 21.5. The van der Waals surface area contributed by atoms with Crippen molar-refractivity contribution in [2.45, 2.75) is 12.3 Å². The summed E-state index contributed by atoms with van der Waals surface area (Å²) >= 11 is 0. The van der Waals surface area contributed by atoms with Gasteiger partial charge in [-0.1, -0.05) is 29.4 Å². The number of nitrogens with one attached hydrogen (secondary N) is 1. The molecule has 1 heterocycles. The fourth-order valence-electron chi connectivity index (χ4n) is 3.86. The number of ether oxygens (including phenoxy) is 3. The summed E-state index contributed by atoms with van der Waals surface area (Å²) in [5.41, 5.74) is 1.92. The number of ketones is 1. The standard InChI is InChI=1S/C23H22N4O6/c1-31-16-9-13(10-17(32-2)22(16)33-3)25-18-11-24-23(29)20(26-18)15-8-12-6-4-5-7-14(12)19(27-30)21(15)28/h4-7,9-11,15,30H,8H2,1-3H3,(H,24,29)(H,25,26). The van der Waals surface area contributed by atoms with Crippen LogP contribution in [0.25, 0.3) is 0 Å². The van der Waals surface area contributed by atoms with E-state index in [0.29, 0.717) is 28.5 Å². The number of aromatic nitrogens is 2. The van der Waals surface area contributed by atoms with Crippen molar-refractivity contribution in [1.29, 1.82) is 0 Å². The van der Waals surface area contributed by atoms with Gasteiger partial charge in [0.2, 0.25) is 11.6 Å². The number of oxime groups is 1. The molecule has 10 heteroatoms. The number of carbonyl (C=O) groups excluding carboxylic acids is 1. The first-order chi connectivity index (χ1) is 16.0. The van der Waals surface area contributed by atoms with E-state index in [0.717, 1.165) is 5.56 Å². The van der Waals surface area contributed by atoms with Gasteiger partial charge in [0, 0.05) is 23.4 Å². The molecule has 1 aromatic heterocycles. The molecule has 33 heavy (non-hydrogen) atoms. The van der Waals surface area contributed by atoms with Crippen molar-refractivity contribution < 1.29 is 29.3 Å². The van der Waals surface area contributed by atoms with Crippen molar-refractivity contribution in [2.75, 3.05) is 26.6 Å². The minimum atomic E-state index is -0.861. The van der Waals surface area contributed by atoms with Crippen LogP contribution in [0.15, 0.2) is 47.8 Å². The van der Waals surface area contributed by atoms with E-state index in [2.05, 4.69) is 20.4 Å². The van der Waals surface area contributed by atoms with Gasteiger partial charge in [0.1, 0.15) is 11.5 Å². The fraction of sp³-hybridized carbons (Fsp3) is 0.217. The lowest BCUT2D eigenvalue weighted by Gasteiger charge is -2.24. The molecule has 0 amide bonds. The Morgan fingerprint density at radius 3 is 2.42 bits per heavy atom. The SMILES string of the molecule is COc1cc(Nc2cnc(O)c(C3Cc4ccccc4C(=NO)C3=O)n2)cc(OC)c1OC. The molecule has 0 aliphatic heterocycles. The van der Waals surface area contributed by atoms with Crippen molar-refractivity contribution in [2.24, 2.45) is 5.16 Å². The third-order valence-corrected chi connectivity index (χ3v) is 5.39. The molecule has 0 radical (unpaired) electrons. The molecule has 0 saturated carbocycles. The summed E-state index contributed by atoms with van der Waals surface area (Å²) in [5, 5.41) is 26.1. The first-order valence-corrected chi connectivity index (χ1v) is 9.98. The van der Waals surface area contributed by atoms with Crippen molar-refractivity contribution in [3.05, 3.63) is 59.4 Å². The van der Waals surface area contributed by atoms with Gasteiger partial charge in [0.15, 0.2) is 23.0 Å². The van der Waals surface area contributed by atoms with E-state index < -0.39 is 11.7 Å². The number of carbonyl (C=O) groups is 1. The third-order valence-electron chi connectivity index (χ3n) is 5.39. The summed E-state index contributed by atoms with van der Waals surface area (Å²) in [7, 11) is 4.52. The van der Waals surface area contributed by atoms with Crippen LogP contribution in [-0.2, 0) is 11.2 Å². The fourth-order valence-corrected chi connectivity index (χ4v) is 3.86. The molecule has 4 rings (SSSR count). The highest BCUT2D eigenvalue weighted by atomic mass is 16.5. The predicted octanol–water partition coefficient (Wildman–Crippen LogP) is 3.04. The second-order valence-electron chi connectivity index (χ2n) is 7.23. The molecule has 0 bridgehead atoms. The number of rotatable bonds is 6. The maximum atomic E-state index is 13.0. The number of fused-ring (bicyclic) bond motifs is 1. The summed E-state index contributed by atoms with van der Waals surface area (Å²) < 4.78 is 16.1. The van der Waals surface area contributed by atoms with E-state index in [-0.39, 0.29) is 29.5 Å². The van der Waals surface area contributed by atoms with Gasteiger partial charge < -0.3 is 29.8 Å². The van der Waals surface area contributed by atoms with Crippen LogP contribution in [0.1, 0.15) is 22.7 Å². The number of hydrogen-bond acceptors (Lipinski definition) is 10. The summed E-state index contributed by atoms with van der Waals surface area (Å²) in [5.74, 6) is -0.0916. The zero-order chi connectivity index (χ0) is 23.5. The molecule has 0 saturated heterocycles. The largest absolute Gasteiger partial charge is 0.493 e. The number of Topliss-reactive ketones (excluding diaryl/α,β-unsaturated/α-hetero) is 1. The molecule has 1 aliphatic rings. The Hall–Kier alpha value is -4.34. The quantitative estimate of drug-likeness (QED) is 0.382. The van der Waals surface area contributed by atoms with E-state index >= 15 is 0 Å². The number of benzene rings is 2. The zero-order valence-electron chi connectivity index (χ0n) is 18.2. The number of methoxy groups -OCH3 is 3. The Balaban J connectivity index is 1.71. The Morgan fingerprint density at radius 1 is 1.09 bits per heavy atom. The van der Waals surface area contributed by atoms with E-state index in [9.17, 15) is 15.1 Å². The highest BCUT2D eigenvalue weighted by Crippen LogP contribution is 2.41. The number of hydrogen-bond donors (Lipinski definition) is 3. The number of anilines is 2. The van der Waals surface area contributed by atoms with E-state index in [1.165, 1.54) is 27.5 Å². The molecular formula is C23H22N4O6. The molecular weight excluding hydrogens is 428 g/mol. The van der Waals surface area contributed by atoms with Crippen LogP contribution in [-0.4, -0.2) is 53.1 Å². The first-order valence-electron chi connectivity index (χ1n) is 9.98. The normalized spacial score (nSPS) is 16.3. The molecule has 1 aliphatic carbocycles. The maximum absolute atomic E-state index is 13.0. The summed E-state index contributed by atoms with van der Waals surface area (Å²) in [6.45, 7) is 0. The lowest BCUT2D eigenvalue weighted by Crippen LogP contribution is -2.31. The Morgan fingerprint density at radius 2 is 1.79 bits per heavy atom. The van der Waals surface area contributed by atoms with E-state index in [1.807, 2.05) is 12.1 Å². The molecule has 2 aromatic carbocycles. The topological polar surface area (TPSA) is 135 Å². The Labute approximate surface area is 189 Å². The van der Waals surface area contributed by atoms with Crippen molar-refractivity contribution in [3.8, 4) is 23.1 Å². The van der Waals surface area contributed by atoms with Gasteiger partial charge in [-0.15, -0.1) is 0 Å². The van der Waals surface area contributed by atoms with E-state index in [1.54, 1.807) is 24.3 Å². The maximum Gasteiger partial charge on any atom is 0.234 e. The van der Waals surface area contributed by atoms with Crippen LogP contribution in [0.3, 0.4) is 0 Å². The van der Waals surface area contributed by atoms with Crippen LogP contribution >= 0.6 is 0 Å². The third kappa shape index (κ3) is 3.98. The van der Waals surface area contributed by atoms with Crippen LogP contribution in [0.2, 0.25) is 0 Å². The van der Waals surface area contributed by atoms with Crippen LogP contribution in [0.4, 0.5) is 11.5 Å². The molecule has 1 atom stereocenters. The molecule has 170 valence electrons. The summed E-state index contributed by atoms with van der Waals surface area (Å²) in [6.07, 6.45) is 1.62. The molecule has 10 nitrogen and oxygen atoms in total. The van der Waals surface area contributed by atoms with Gasteiger partial charge in [-0.25, -0.2) is 9.97 Å². The Kier molecular flexibility index (Phi) is 5.99. The van der Waals surface area contributed by atoms with Crippen LogP contribution in [0.5, 0.6) is 23.1 Å². The molecule has 1 unspecified atom stereocenters. The summed E-state index contributed by atoms with van der Waals surface area (Å²) in [6, 6.07) is 10.5. The van der Waals surface area contributed by atoms with Gasteiger partial charge >= 0.3 is 0 Å². The smallest absolute Gasteiger partial charge is 0.234 e. The molecule has 3 aromatic rings. The molecule has 0 fully saturated rings. The minimum Gasteiger partial charge on any atom is -0.493 e. The molecule has 3 N–H and O–H groups in total. The zero-order valence-corrected chi connectivity index (χ0v) is 18.2. The van der Waals surface area contributed by atoms with Crippen LogP contribution < -0.4 is 19.5 Å². The van der Waals surface area contributed by atoms with Gasteiger partial charge in [-0.05, 0) is 12.0 Å². The minimum absolute atomic E-state index is 0.0769. The molecule has 0 spiro atoms. The average molecular weight is 450 g/mol. The van der Waals surface area contributed by atoms with Gasteiger partial charge in [0.05, 0.1) is 33.4 Å². The van der Waals surface area contributed by atoms with Gasteiger partial charge in [0.25, 0.3) is 0 Å².